The van der Waals surface area contributed by atoms with Crippen molar-refractivity contribution in [2.24, 2.45) is 10.8 Å². The monoisotopic (exact) mass is 1250 g/mol. The molecule has 462 valence electrons. The number of piperazine rings is 1. The van der Waals surface area contributed by atoms with Gasteiger partial charge in [0.25, 0.3) is 5.91 Å². The number of amides is 8. The van der Waals surface area contributed by atoms with E-state index in [1.165, 1.54) is 38.2 Å². The molecule has 0 radical (unpaired) electrons. The number of benzene rings is 3. The molecule has 0 saturated carbocycles. The van der Waals surface area contributed by atoms with Gasteiger partial charge in [-0.25, -0.2) is 4.98 Å². The number of halogens is 2. The predicted molar refractivity (Wildman–Crippen MR) is 320 cm³/mol. The Morgan fingerprint density at radius 2 is 1.43 bits per heavy atom. The molecule has 7 N–H and O–H groups in total. The van der Waals surface area contributed by atoms with Crippen LogP contribution in [0.1, 0.15) is 118 Å². The molecule has 8 amide bonds. The minimum atomic E-state index is -5.89. The summed E-state index contributed by atoms with van der Waals surface area (Å²) in [5, 5.41) is 21.8. The van der Waals surface area contributed by atoms with E-state index in [4.69, 9.17) is 0 Å². The van der Waals surface area contributed by atoms with E-state index in [1.807, 2.05) is 68.4 Å². The van der Waals surface area contributed by atoms with E-state index in [1.54, 1.807) is 52.0 Å². The number of nitrogens with one attached hydrogen (secondary N) is 4. The Hall–Kier alpha value is -7.02. The number of rotatable bonds is 17. The molecule has 3 aliphatic heterocycles. The Kier molecular flexibility index (Phi) is 19.7. The van der Waals surface area contributed by atoms with Crippen LogP contribution in [0.2, 0.25) is 0 Å². The number of thiophene rings is 1. The van der Waals surface area contributed by atoms with Crippen LogP contribution in [0.15, 0.2) is 84.4 Å². The summed E-state index contributed by atoms with van der Waals surface area (Å²) in [6, 6.07) is 16.3. The molecule has 3 aromatic carbocycles. The average Bonchev–Trinajstić information content (AvgIpc) is 1.61. The molecular weight excluding hydrogens is 1170 g/mol. The van der Waals surface area contributed by atoms with Gasteiger partial charge in [0.2, 0.25) is 41.4 Å². The van der Waals surface area contributed by atoms with E-state index in [2.05, 4.69) is 26.3 Å². The molecule has 3 saturated heterocycles. The first-order chi connectivity index (χ1) is 40.3. The number of aliphatic hydroxyl groups is 1. The molecule has 2 aromatic heterocycles. The lowest BCUT2D eigenvalue weighted by molar-refractivity contribution is -0.155. The van der Waals surface area contributed by atoms with Crippen LogP contribution in [0.5, 0.6) is 0 Å². The van der Waals surface area contributed by atoms with Crippen molar-refractivity contribution >= 4 is 87.6 Å². The van der Waals surface area contributed by atoms with Crippen molar-refractivity contribution in [2.45, 2.75) is 129 Å². The fourth-order valence-electron chi connectivity index (χ4n) is 11.1. The molecule has 0 spiro atoms. The lowest BCUT2D eigenvalue weighted by Crippen LogP contribution is -2.66. The van der Waals surface area contributed by atoms with Crippen LogP contribution in [0.3, 0.4) is 0 Å². The average molecular weight is 1250 g/mol. The molecule has 0 aliphatic carbocycles. The number of nitrogens with zero attached hydrogens (tertiary/aromatic N) is 5. The van der Waals surface area contributed by atoms with Crippen molar-refractivity contribution in [3.05, 3.63) is 112 Å². The van der Waals surface area contributed by atoms with E-state index in [-0.39, 0.29) is 48.8 Å². The number of fused-ring (bicyclic) bond motifs is 1. The molecule has 7 atom stereocenters. The number of carbonyl (C=O) groups excluding carboxylic acids is 8. The highest BCUT2D eigenvalue weighted by Gasteiger charge is 2.51. The van der Waals surface area contributed by atoms with E-state index in [0.717, 1.165) is 57.2 Å². The first-order valence-electron chi connectivity index (χ1n) is 28.4. The van der Waals surface area contributed by atoms with Crippen LogP contribution < -0.4 is 21.3 Å². The molecule has 26 heteroatoms. The number of piperidine rings is 1. The Bertz CT molecular complexity index is 3420. The van der Waals surface area contributed by atoms with E-state index in [9.17, 15) is 66.6 Å². The minimum absolute atomic E-state index is 0.00464. The van der Waals surface area contributed by atoms with Gasteiger partial charge >= 0.3 is 13.3 Å². The van der Waals surface area contributed by atoms with Crippen molar-refractivity contribution < 1.29 is 66.6 Å². The van der Waals surface area contributed by atoms with Gasteiger partial charge in [-0.3, -0.25) is 42.9 Å². The summed E-state index contributed by atoms with van der Waals surface area (Å²) in [5.74, 6) is -5.33. The fraction of sp³-hybridized carbons (Fsp3) is 0.483. The highest BCUT2D eigenvalue weighted by Crippen LogP contribution is 2.59. The third kappa shape index (κ3) is 14.9. The second kappa shape index (κ2) is 26.1. The summed E-state index contributed by atoms with van der Waals surface area (Å²) in [5.41, 5.74) is -1.85. The zero-order valence-corrected chi connectivity index (χ0v) is 51.7. The van der Waals surface area contributed by atoms with Gasteiger partial charge in [-0.05, 0) is 77.8 Å². The molecule has 3 fully saturated rings. The van der Waals surface area contributed by atoms with Gasteiger partial charge in [-0.2, -0.15) is 8.78 Å². The predicted octanol–water partition coefficient (Wildman–Crippen LogP) is 6.03. The topological polar surface area (TPSA) is 288 Å². The molecule has 86 heavy (non-hydrogen) atoms. The summed E-state index contributed by atoms with van der Waals surface area (Å²) >= 11 is 2.43. The molecule has 21 nitrogen and oxygen atoms in total. The van der Waals surface area contributed by atoms with Crippen LogP contribution in [-0.2, 0) is 43.8 Å². The Balaban J connectivity index is 0.919. The zero-order chi connectivity index (χ0) is 62.8. The summed E-state index contributed by atoms with van der Waals surface area (Å²) < 4.78 is 41.3. The van der Waals surface area contributed by atoms with Gasteiger partial charge in [0, 0.05) is 55.3 Å². The molecule has 0 bridgehead atoms. The number of alkyl halides is 2. The van der Waals surface area contributed by atoms with Crippen molar-refractivity contribution in [2.75, 3.05) is 45.8 Å². The Morgan fingerprint density at radius 3 is 2.07 bits per heavy atom. The number of aromatic nitrogens is 1. The molecule has 3 aliphatic rings. The normalized spacial score (nSPS) is 19.8. The number of hydrogen-bond acceptors (Lipinski definition) is 13. The number of carbonyl (C=O) groups is 8. The summed E-state index contributed by atoms with van der Waals surface area (Å²) in [4.78, 5) is 143. The molecule has 8 rings (SSSR count). The lowest BCUT2D eigenvalue weighted by atomic mass is 9.85. The second-order valence-electron chi connectivity index (χ2n) is 24.5. The van der Waals surface area contributed by atoms with Gasteiger partial charge in [0.15, 0.2) is 0 Å². The Morgan fingerprint density at radius 1 is 0.767 bits per heavy atom. The number of thiazole rings is 1. The van der Waals surface area contributed by atoms with Gasteiger partial charge in [-0.1, -0.05) is 102 Å². The number of aliphatic hydroxyl groups excluding tert-OH is 1. The maximum Gasteiger partial charge on any atom is 0.399 e. The summed E-state index contributed by atoms with van der Waals surface area (Å²) in [6.07, 6.45) is -0.369. The third-order valence-corrected chi connectivity index (χ3v) is 19.0. The van der Waals surface area contributed by atoms with Gasteiger partial charge in [-0.15, -0.1) is 22.7 Å². The van der Waals surface area contributed by atoms with Crippen molar-refractivity contribution in [1.82, 2.24) is 45.9 Å². The number of likely N-dealkylation sites (tertiary alicyclic amines) is 2. The maximum atomic E-state index is 15.0. The molecule has 4 unspecified atom stereocenters. The summed E-state index contributed by atoms with van der Waals surface area (Å²) in [6.45, 7) is 13.2. The van der Waals surface area contributed by atoms with Crippen LogP contribution in [-0.4, -0.2) is 163 Å². The highest BCUT2D eigenvalue weighted by atomic mass is 32.1. The number of aryl methyl sites for hydroxylation is 1. The van der Waals surface area contributed by atoms with Gasteiger partial charge in [0.1, 0.15) is 30.6 Å². The van der Waals surface area contributed by atoms with Crippen LogP contribution >= 0.6 is 30.3 Å². The van der Waals surface area contributed by atoms with Gasteiger partial charge < -0.3 is 55.8 Å². The van der Waals surface area contributed by atoms with Crippen molar-refractivity contribution in [3.8, 4) is 10.4 Å². The Labute approximate surface area is 505 Å². The zero-order valence-electron chi connectivity index (χ0n) is 49.2. The maximum absolute atomic E-state index is 15.0. The third-order valence-electron chi connectivity index (χ3n) is 16.0. The number of β-amino-alcohol motifs (C(OH)–C–C–N with tert-alkyl or cyclic N) is 1. The van der Waals surface area contributed by atoms with E-state index < -0.39 is 126 Å². The lowest BCUT2D eigenvalue weighted by Gasteiger charge is -2.45. The van der Waals surface area contributed by atoms with E-state index in [0.29, 0.717) is 24.2 Å². The molecule has 5 aromatic rings. The van der Waals surface area contributed by atoms with Gasteiger partial charge in [0.05, 0.1) is 46.2 Å². The highest BCUT2D eigenvalue weighted by molar-refractivity contribution is 7.52. The van der Waals surface area contributed by atoms with Crippen molar-refractivity contribution in [3.63, 3.8) is 0 Å². The van der Waals surface area contributed by atoms with Crippen molar-refractivity contribution in [1.29, 1.82) is 0 Å². The minimum Gasteiger partial charge on any atom is -0.391 e. The first kappa shape index (κ1) is 65.0. The largest absolute Gasteiger partial charge is 0.399 e. The standard InChI is InChI=1S/C60H74F2N9O12PS2/c1-34(36-16-18-38(19-17-36)50-35(2)64-33-85-50)65-53(76)43-27-42(72)31-71(43)57(80)51(58(3,4)5)66-48(74)29-63-47(73)28-49(75)68-23-24-70(44(32-68)55(78)69-22-12-15-39(30-69)37-13-10-9-11-14-37)56(79)52(59(6,7)8)67-54(77)46-26-40-25-41(20-21-45(40)86-46)60(61,62)84(81,82)83/h9-11,13-14,16-21,25-26,33-34,39,42-44,51-52,72H,12,15,22-24,27-32H2,1-8H3,(H,63,73)(H,65,76)(H,66,74)(H,67,77)(H2,81,82,83)/t34-,39?,42+,43-,44?,51?,52?/m0/s1. The second-order valence-corrected chi connectivity index (χ2v) is 28.1. The van der Waals surface area contributed by atoms with Crippen LogP contribution in [0.4, 0.5) is 8.78 Å². The van der Waals surface area contributed by atoms with Crippen LogP contribution in [0.25, 0.3) is 20.5 Å². The molecular formula is C60H74F2N9O12PS2. The quantitative estimate of drug-likeness (QED) is 0.0414. The first-order valence-corrected chi connectivity index (χ1v) is 31.7. The summed E-state index contributed by atoms with van der Waals surface area (Å²) in [7, 11) is -5.89. The smallest absolute Gasteiger partial charge is 0.391 e. The van der Waals surface area contributed by atoms with Crippen LogP contribution in [0, 0.1) is 17.8 Å². The number of hydrogen-bond donors (Lipinski definition) is 7. The fourth-order valence-corrected chi connectivity index (χ4v) is 13.3. The SMILES string of the molecule is Cc1ncsc1-c1ccc([C@H](C)NC(=O)[C@@H]2C[C@@H](O)CN2C(=O)C(NC(=O)CNC(=O)CC(=O)N2CCN(C(=O)C(NC(=O)c3cc4cc(C(F)(F)P(=O)(O)O)ccc4s3)C(C)(C)C)C(C(=O)N3CCCC(c4ccccc4)C3)C2)C(C)(C)C)cc1. The molecule has 5 heterocycles. The van der Waals surface area contributed by atoms with E-state index >= 15 is 0 Å².